The van der Waals surface area contributed by atoms with E-state index in [0.717, 1.165) is 25.2 Å². The van der Waals surface area contributed by atoms with Gasteiger partial charge in [0, 0.05) is 0 Å². The quantitative estimate of drug-likeness (QED) is 0.457. The van der Waals surface area contributed by atoms with Crippen LogP contribution in [0, 0.1) is 11.8 Å². The molecule has 2 saturated carbocycles. The van der Waals surface area contributed by atoms with Gasteiger partial charge in [-0.05, 0) is 77.2 Å². The zero-order chi connectivity index (χ0) is 15.7. The Labute approximate surface area is 129 Å². The number of carbonyl (C=O) groups is 1. The first kappa shape index (κ1) is 18.0. The number of allylic oxidation sites excluding steroid dienone is 3. The average molecular weight is 294 g/mol. The molecule has 2 aliphatic carbocycles. The van der Waals surface area contributed by atoms with Crippen molar-refractivity contribution < 1.29 is 14.6 Å². The van der Waals surface area contributed by atoms with Gasteiger partial charge in [-0.2, -0.15) is 0 Å². The highest BCUT2D eigenvalue weighted by molar-refractivity contribution is 5.37. The molecule has 120 valence electrons. The van der Waals surface area contributed by atoms with E-state index in [1.165, 1.54) is 30.4 Å². The van der Waals surface area contributed by atoms with Crippen LogP contribution in [0.2, 0.25) is 0 Å². The van der Waals surface area contributed by atoms with Crippen LogP contribution in [-0.4, -0.2) is 24.3 Å². The minimum Gasteiger partial charge on any atom is -0.464 e. The van der Waals surface area contributed by atoms with E-state index in [0.29, 0.717) is 19.0 Å². The summed E-state index contributed by atoms with van der Waals surface area (Å²) in [5.41, 5.74) is 2.61. The van der Waals surface area contributed by atoms with Crippen LogP contribution >= 0.6 is 0 Å². The normalized spacial score (nSPS) is 26.9. The van der Waals surface area contributed by atoms with Gasteiger partial charge in [0.15, 0.2) is 0 Å². The Bertz CT molecular complexity index is 365. The summed E-state index contributed by atoms with van der Waals surface area (Å²) in [5.74, 6) is 1.59. The highest BCUT2D eigenvalue weighted by Crippen LogP contribution is 2.44. The Hall–Kier alpha value is -1.09. The molecule has 2 fully saturated rings. The Morgan fingerprint density at radius 2 is 1.95 bits per heavy atom. The van der Waals surface area contributed by atoms with Gasteiger partial charge < -0.3 is 9.84 Å². The third-order valence-corrected chi connectivity index (χ3v) is 4.39. The summed E-state index contributed by atoms with van der Waals surface area (Å²) in [4.78, 5) is 9.83. The smallest absolute Gasteiger partial charge is 0.293 e. The molecule has 0 heterocycles. The van der Waals surface area contributed by atoms with Crippen LogP contribution in [-0.2, 0) is 9.53 Å². The molecule has 0 radical (unpaired) electrons. The van der Waals surface area contributed by atoms with Gasteiger partial charge in [-0.25, -0.2) is 0 Å². The molecule has 0 aromatic carbocycles. The maximum Gasteiger partial charge on any atom is 0.293 e. The Balaban J connectivity index is 0.000000230. The second-order valence-electron chi connectivity index (χ2n) is 6.54. The van der Waals surface area contributed by atoms with Crippen molar-refractivity contribution in [1.82, 2.24) is 0 Å². The van der Waals surface area contributed by atoms with Crippen molar-refractivity contribution in [3.63, 3.8) is 0 Å². The maximum atomic E-state index is 9.83. The zero-order valence-corrected chi connectivity index (χ0v) is 13.7. The van der Waals surface area contributed by atoms with E-state index >= 15 is 0 Å². The largest absolute Gasteiger partial charge is 0.464 e. The lowest BCUT2D eigenvalue weighted by Gasteiger charge is -2.14. The average Bonchev–Trinajstić information content (AvgIpc) is 3.01. The van der Waals surface area contributed by atoms with Crippen molar-refractivity contribution >= 4 is 6.47 Å². The molecular formula is C18H30O3. The van der Waals surface area contributed by atoms with Crippen molar-refractivity contribution in [2.45, 2.75) is 65.4 Å². The molecule has 3 atom stereocenters. The van der Waals surface area contributed by atoms with Crippen molar-refractivity contribution in [2.75, 3.05) is 6.61 Å². The predicted molar refractivity (Wildman–Crippen MR) is 85.9 cm³/mol. The third-order valence-electron chi connectivity index (χ3n) is 4.39. The fraction of sp³-hybridized carbons (Fsp3) is 0.722. The van der Waals surface area contributed by atoms with E-state index in [4.69, 9.17) is 0 Å². The van der Waals surface area contributed by atoms with Crippen LogP contribution in [0.1, 0.15) is 59.3 Å². The molecule has 0 aliphatic heterocycles. The first-order valence-corrected chi connectivity index (χ1v) is 8.05. The maximum absolute atomic E-state index is 9.83. The molecule has 3 unspecified atom stereocenters. The summed E-state index contributed by atoms with van der Waals surface area (Å²) in [6, 6.07) is 0. The number of hydrogen-bond donors (Lipinski definition) is 1. The van der Waals surface area contributed by atoms with E-state index in [2.05, 4.69) is 24.7 Å². The second-order valence-corrected chi connectivity index (χ2v) is 6.54. The van der Waals surface area contributed by atoms with Gasteiger partial charge in [0.05, 0.1) is 6.10 Å². The van der Waals surface area contributed by atoms with Gasteiger partial charge in [0.2, 0.25) is 0 Å². The van der Waals surface area contributed by atoms with Gasteiger partial charge in [-0.1, -0.05) is 17.2 Å². The number of aliphatic hydroxyl groups excluding tert-OH is 1. The van der Waals surface area contributed by atoms with Crippen LogP contribution in [0.5, 0.6) is 0 Å². The van der Waals surface area contributed by atoms with E-state index in [1.807, 2.05) is 13.0 Å². The molecule has 0 spiro atoms. The lowest BCUT2D eigenvalue weighted by molar-refractivity contribution is -0.127. The molecule has 0 aromatic heterocycles. The number of carbonyl (C=O) groups excluding carboxylic acids is 1. The van der Waals surface area contributed by atoms with Gasteiger partial charge >= 0.3 is 0 Å². The lowest BCUT2D eigenvalue weighted by Crippen LogP contribution is -2.14. The lowest BCUT2D eigenvalue weighted by atomic mass is 9.98. The van der Waals surface area contributed by atoms with Crippen molar-refractivity contribution in [3.8, 4) is 0 Å². The molecule has 2 rings (SSSR count). The molecule has 0 amide bonds. The summed E-state index contributed by atoms with van der Waals surface area (Å²) >= 11 is 0. The van der Waals surface area contributed by atoms with Gasteiger partial charge in [-0.3, -0.25) is 4.79 Å². The summed E-state index contributed by atoms with van der Waals surface area (Å²) in [6.07, 6.45) is 11.4. The first-order chi connectivity index (χ1) is 10.0. The number of rotatable bonds is 6. The third kappa shape index (κ3) is 7.47. The predicted octanol–water partition coefficient (Wildman–Crippen LogP) is 4.02. The monoisotopic (exact) mass is 294 g/mol. The van der Waals surface area contributed by atoms with E-state index in [1.54, 1.807) is 0 Å². The molecule has 3 heteroatoms. The second kappa shape index (κ2) is 9.78. The Kier molecular flexibility index (Phi) is 8.36. The molecule has 0 saturated heterocycles. The van der Waals surface area contributed by atoms with Crippen molar-refractivity contribution in [3.05, 3.63) is 23.3 Å². The molecule has 2 aliphatic rings. The summed E-state index contributed by atoms with van der Waals surface area (Å²) in [5, 5.41) is 9.22. The minimum atomic E-state index is 0.0775. The van der Waals surface area contributed by atoms with Crippen LogP contribution in [0.4, 0.5) is 0 Å². The van der Waals surface area contributed by atoms with Crippen molar-refractivity contribution in [1.29, 1.82) is 0 Å². The van der Waals surface area contributed by atoms with E-state index < -0.39 is 0 Å². The van der Waals surface area contributed by atoms with Gasteiger partial charge in [0.1, 0.15) is 6.61 Å². The zero-order valence-electron chi connectivity index (χ0n) is 13.7. The summed E-state index contributed by atoms with van der Waals surface area (Å²) < 4.78 is 4.56. The molecule has 3 nitrogen and oxygen atoms in total. The van der Waals surface area contributed by atoms with Crippen LogP contribution < -0.4 is 0 Å². The van der Waals surface area contributed by atoms with Crippen LogP contribution in [0.25, 0.3) is 0 Å². The molecule has 2 bridgehead atoms. The van der Waals surface area contributed by atoms with E-state index in [-0.39, 0.29) is 6.10 Å². The summed E-state index contributed by atoms with van der Waals surface area (Å²) in [6.45, 7) is 7.10. The highest BCUT2D eigenvalue weighted by atomic mass is 16.5. The molecule has 1 N–H and O–H groups in total. The Morgan fingerprint density at radius 3 is 2.38 bits per heavy atom. The summed E-state index contributed by atoms with van der Waals surface area (Å²) in [7, 11) is 0. The fourth-order valence-electron chi connectivity index (χ4n) is 3.13. The standard InChI is InChI=1S/C11H18O2.C7H12O/c1-10(2)5-4-6-11(3)7-8-13-9-12;8-7-4-5-1-2-6(7)3-5/h5,7,9H,4,6,8H2,1-3H3;5-8H,1-4H2. The number of fused-ring (bicyclic) bond motifs is 2. The van der Waals surface area contributed by atoms with Crippen LogP contribution in [0.3, 0.4) is 0 Å². The first-order valence-electron chi connectivity index (χ1n) is 8.05. The van der Waals surface area contributed by atoms with Gasteiger partial charge in [0.25, 0.3) is 6.47 Å². The number of ether oxygens (including phenoxy) is 1. The number of aliphatic hydroxyl groups is 1. The SMILES string of the molecule is CC(C)=CCCC(C)=CCOC=O.OC1CC2CCC1C2. The fourth-order valence-corrected chi connectivity index (χ4v) is 3.13. The minimum absolute atomic E-state index is 0.0775. The molecule has 0 aromatic rings. The highest BCUT2D eigenvalue weighted by Gasteiger charge is 2.38. The van der Waals surface area contributed by atoms with E-state index in [9.17, 15) is 9.90 Å². The van der Waals surface area contributed by atoms with Crippen LogP contribution in [0.15, 0.2) is 23.3 Å². The molecular weight excluding hydrogens is 264 g/mol. The number of hydrogen-bond acceptors (Lipinski definition) is 3. The topological polar surface area (TPSA) is 46.5 Å². The van der Waals surface area contributed by atoms with Crippen molar-refractivity contribution in [2.24, 2.45) is 11.8 Å². The molecule has 21 heavy (non-hydrogen) atoms. The van der Waals surface area contributed by atoms with Gasteiger partial charge in [-0.15, -0.1) is 0 Å². The Morgan fingerprint density at radius 1 is 1.19 bits per heavy atom.